The number of amides is 2. The van der Waals surface area contributed by atoms with Gasteiger partial charge in [-0.15, -0.1) is 0 Å². The molecule has 0 spiro atoms. The number of carbonyl (C=O) groups excluding carboxylic acids is 2. The van der Waals surface area contributed by atoms with Gasteiger partial charge in [0.25, 0.3) is 5.91 Å². The van der Waals surface area contributed by atoms with Crippen molar-refractivity contribution < 1.29 is 22.4 Å². The summed E-state index contributed by atoms with van der Waals surface area (Å²) in [6.07, 6.45) is 0.118. The van der Waals surface area contributed by atoms with Gasteiger partial charge in [0.2, 0.25) is 11.7 Å². The molecule has 0 saturated heterocycles. The summed E-state index contributed by atoms with van der Waals surface area (Å²) in [6.45, 7) is 1.88. The Bertz CT molecular complexity index is 1130. The Kier molecular flexibility index (Phi) is 5.51. The van der Waals surface area contributed by atoms with Crippen LogP contribution in [0.5, 0.6) is 0 Å². The lowest BCUT2D eigenvalue weighted by atomic mass is 10.2. The van der Waals surface area contributed by atoms with Crippen molar-refractivity contribution >= 4 is 38.3 Å². The SMILES string of the molecule is Cc1ccc(S(=O)(=O)CCCC(=O)Nc2c(C(N)=O)oc3ccccc23)cc1. The van der Waals surface area contributed by atoms with E-state index < -0.39 is 21.7 Å². The highest BCUT2D eigenvalue weighted by Crippen LogP contribution is 2.30. The Morgan fingerprint density at radius 2 is 1.75 bits per heavy atom. The molecule has 146 valence electrons. The van der Waals surface area contributed by atoms with Crippen molar-refractivity contribution in [2.45, 2.75) is 24.7 Å². The highest BCUT2D eigenvalue weighted by Gasteiger charge is 2.21. The summed E-state index contributed by atoms with van der Waals surface area (Å²) >= 11 is 0. The third-order valence-electron chi connectivity index (χ3n) is 4.28. The molecular formula is C20H20N2O5S. The minimum atomic E-state index is -3.46. The van der Waals surface area contributed by atoms with E-state index in [9.17, 15) is 18.0 Å². The lowest BCUT2D eigenvalue weighted by Gasteiger charge is -2.06. The fourth-order valence-electron chi connectivity index (χ4n) is 2.83. The van der Waals surface area contributed by atoms with Crippen molar-refractivity contribution in [1.29, 1.82) is 0 Å². The van der Waals surface area contributed by atoms with Crippen LogP contribution in [0.3, 0.4) is 0 Å². The Morgan fingerprint density at radius 3 is 2.43 bits per heavy atom. The van der Waals surface area contributed by atoms with Gasteiger partial charge in [-0.1, -0.05) is 29.8 Å². The number of carbonyl (C=O) groups is 2. The lowest BCUT2D eigenvalue weighted by molar-refractivity contribution is -0.116. The van der Waals surface area contributed by atoms with Crippen molar-refractivity contribution in [3.63, 3.8) is 0 Å². The Morgan fingerprint density at radius 1 is 1.07 bits per heavy atom. The van der Waals surface area contributed by atoms with Gasteiger partial charge in [0.05, 0.1) is 10.6 Å². The van der Waals surface area contributed by atoms with Crippen LogP contribution in [0.25, 0.3) is 11.0 Å². The largest absolute Gasteiger partial charge is 0.449 e. The summed E-state index contributed by atoms with van der Waals surface area (Å²) in [7, 11) is -3.46. The molecule has 0 unspecified atom stereocenters. The summed E-state index contributed by atoms with van der Waals surface area (Å²) in [6, 6.07) is 13.4. The highest BCUT2D eigenvalue weighted by molar-refractivity contribution is 7.91. The average Bonchev–Trinajstić information content (AvgIpc) is 3.01. The molecule has 0 aliphatic heterocycles. The minimum Gasteiger partial charge on any atom is -0.449 e. The van der Waals surface area contributed by atoms with E-state index in [1.807, 2.05) is 6.92 Å². The number of nitrogens with two attached hydrogens (primary N) is 1. The van der Waals surface area contributed by atoms with Crippen LogP contribution in [-0.4, -0.2) is 26.0 Å². The molecule has 3 rings (SSSR count). The second-order valence-electron chi connectivity index (χ2n) is 6.45. The van der Waals surface area contributed by atoms with Crippen LogP contribution in [0, 0.1) is 6.92 Å². The van der Waals surface area contributed by atoms with Gasteiger partial charge in [-0.25, -0.2) is 8.42 Å². The summed E-state index contributed by atoms with van der Waals surface area (Å²) in [5.74, 6) is -1.51. The number of primary amides is 1. The van der Waals surface area contributed by atoms with Crippen LogP contribution < -0.4 is 11.1 Å². The van der Waals surface area contributed by atoms with E-state index in [0.717, 1.165) is 5.56 Å². The molecule has 3 N–H and O–H groups in total. The predicted octanol–water partition coefficient (Wildman–Crippen LogP) is 3.03. The number of hydrogen-bond acceptors (Lipinski definition) is 5. The van der Waals surface area contributed by atoms with Gasteiger partial charge in [-0.05, 0) is 37.6 Å². The number of benzene rings is 2. The minimum absolute atomic E-state index is 0.0250. The molecule has 0 bridgehead atoms. The Labute approximate surface area is 162 Å². The first kappa shape index (κ1) is 19.6. The van der Waals surface area contributed by atoms with Gasteiger partial charge >= 0.3 is 0 Å². The maximum atomic E-state index is 12.4. The molecule has 28 heavy (non-hydrogen) atoms. The molecule has 1 heterocycles. The van der Waals surface area contributed by atoms with Crippen molar-refractivity contribution in [2.24, 2.45) is 5.73 Å². The average molecular weight is 400 g/mol. The first-order chi connectivity index (χ1) is 13.3. The number of fused-ring (bicyclic) bond motifs is 1. The molecule has 3 aromatic rings. The molecule has 0 saturated carbocycles. The molecule has 1 aromatic heterocycles. The molecule has 0 radical (unpaired) electrons. The van der Waals surface area contributed by atoms with Crippen molar-refractivity contribution in [1.82, 2.24) is 0 Å². The fraction of sp³-hybridized carbons (Fsp3) is 0.200. The van der Waals surface area contributed by atoms with E-state index in [4.69, 9.17) is 10.2 Å². The zero-order valence-corrected chi connectivity index (χ0v) is 16.1. The molecule has 8 heteroatoms. The van der Waals surface area contributed by atoms with Gasteiger partial charge in [0.1, 0.15) is 11.3 Å². The van der Waals surface area contributed by atoms with Crippen LogP contribution in [0.4, 0.5) is 5.69 Å². The molecule has 0 aliphatic rings. The molecule has 0 atom stereocenters. The summed E-state index contributed by atoms with van der Waals surface area (Å²) < 4.78 is 30.1. The van der Waals surface area contributed by atoms with E-state index in [2.05, 4.69) is 5.32 Å². The van der Waals surface area contributed by atoms with Gasteiger partial charge in [0.15, 0.2) is 9.84 Å². The van der Waals surface area contributed by atoms with Crippen LogP contribution in [-0.2, 0) is 14.6 Å². The van der Waals surface area contributed by atoms with E-state index >= 15 is 0 Å². The van der Waals surface area contributed by atoms with Crippen LogP contribution >= 0.6 is 0 Å². The predicted molar refractivity (Wildman–Crippen MR) is 106 cm³/mol. The van der Waals surface area contributed by atoms with Gasteiger partial charge < -0.3 is 15.5 Å². The van der Waals surface area contributed by atoms with Crippen molar-refractivity contribution in [2.75, 3.05) is 11.1 Å². The topological polar surface area (TPSA) is 119 Å². The number of anilines is 1. The first-order valence-electron chi connectivity index (χ1n) is 8.68. The molecule has 0 fully saturated rings. The zero-order chi connectivity index (χ0) is 20.3. The molecular weight excluding hydrogens is 380 g/mol. The quantitative estimate of drug-likeness (QED) is 0.632. The number of hydrogen-bond donors (Lipinski definition) is 2. The maximum absolute atomic E-state index is 12.4. The maximum Gasteiger partial charge on any atom is 0.286 e. The van der Waals surface area contributed by atoms with Crippen LogP contribution in [0.2, 0.25) is 0 Å². The van der Waals surface area contributed by atoms with E-state index in [0.29, 0.717) is 11.0 Å². The van der Waals surface area contributed by atoms with Gasteiger partial charge in [0, 0.05) is 11.8 Å². The number of nitrogens with one attached hydrogen (secondary N) is 1. The monoisotopic (exact) mass is 400 g/mol. The second-order valence-corrected chi connectivity index (χ2v) is 8.56. The fourth-order valence-corrected chi connectivity index (χ4v) is 4.14. The summed E-state index contributed by atoms with van der Waals surface area (Å²) in [5, 5.41) is 3.17. The number of sulfone groups is 1. The van der Waals surface area contributed by atoms with Gasteiger partial charge in [-0.2, -0.15) is 0 Å². The third-order valence-corrected chi connectivity index (χ3v) is 6.10. The normalized spacial score (nSPS) is 11.5. The number of rotatable bonds is 7. The zero-order valence-electron chi connectivity index (χ0n) is 15.3. The molecule has 2 amide bonds. The standard InChI is InChI=1S/C20H20N2O5S/c1-13-8-10-14(11-9-13)28(25,26)12-4-7-17(23)22-18-15-5-2-3-6-16(15)27-19(18)20(21)24/h2-3,5-6,8-11H,4,7,12H2,1H3,(H2,21,24)(H,22,23). The second kappa shape index (κ2) is 7.85. The molecule has 2 aromatic carbocycles. The van der Waals surface area contributed by atoms with E-state index in [-0.39, 0.29) is 34.9 Å². The molecule has 7 nitrogen and oxygen atoms in total. The lowest BCUT2D eigenvalue weighted by Crippen LogP contribution is -2.18. The van der Waals surface area contributed by atoms with Crippen LogP contribution in [0.15, 0.2) is 57.8 Å². The van der Waals surface area contributed by atoms with Crippen molar-refractivity contribution in [3.8, 4) is 0 Å². The number of aryl methyl sites for hydroxylation is 1. The number of furan rings is 1. The summed E-state index contributed by atoms with van der Waals surface area (Å²) in [4.78, 5) is 24.1. The highest BCUT2D eigenvalue weighted by atomic mass is 32.2. The number of para-hydroxylation sites is 1. The van der Waals surface area contributed by atoms with Crippen LogP contribution in [0.1, 0.15) is 29.0 Å². The van der Waals surface area contributed by atoms with Crippen molar-refractivity contribution in [3.05, 3.63) is 59.9 Å². The molecule has 0 aliphatic carbocycles. The Balaban J connectivity index is 1.67. The smallest absolute Gasteiger partial charge is 0.286 e. The Hall–Kier alpha value is -3.13. The van der Waals surface area contributed by atoms with E-state index in [1.165, 1.54) is 0 Å². The third kappa shape index (κ3) is 4.23. The van der Waals surface area contributed by atoms with E-state index in [1.54, 1.807) is 48.5 Å². The first-order valence-corrected chi connectivity index (χ1v) is 10.3. The summed E-state index contributed by atoms with van der Waals surface area (Å²) in [5.41, 5.74) is 6.92. The van der Waals surface area contributed by atoms with Gasteiger partial charge in [-0.3, -0.25) is 9.59 Å².